The third-order valence-electron chi connectivity index (χ3n) is 1.38. The summed E-state index contributed by atoms with van der Waals surface area (Å²) in [6, 6.07) is 0. The Morgan fingerprint density at radius 3 is 2.22 bits per heavy atom. The summed E-state index contributed by atoms with van der Waals surface area (Å²) in [4.78, 5) is 10.2. The van der Waals surface area contributed by atoms with Crippen molar-refractivity contribution in [2.45, 2.75) is 39.7 Å². The Bertz CT molecular complexity index is 95.1. The molecule has 0 aliphatic heterocycles. The smallest absolute Gasteiger partial charge is 0.302 e. The first kappa shape index (κ1) is 8.47. The lowest BCUT2D eigenvalue weighted by atomic mass is 9.96. The lowest BCUT2D eigenvalue weighted by molar-refractivity contribution is -0.150. The maximum Gasteiger partial charge on any atom is 0.302 e. The highest BCUT2D eigenvalue weighted by Crippen LogP contribution is 2.21. The second-order valence-corrected chi connectivity index (χ2v) is 2.16. The summed E-state index contributed by atoms with van der Waals surface area (Å²) in [5, 5.41) is 0. The van der Waals surface area contributed by atoms with Crippen molar-refractivity contribution >= 4 is 5.97 Å². The predicted molar refractivity (Wildman–Crippen MR) is 36.1 cm³/mol. The molecule has 0 unspecified atom stereocenters. The van der Waals surface area contributed by atoms with Gasteiger partial charge in [0, 0.05) is 6.92 Å². The molecule has 0 aromatic carbocycles. The monoisotopic (exact) mass is 130 g/mol. The summed E-state index contributed by atoms with van der Waals surface area (Å²) >= 11 is 0. The summed E-state index contributed by atoms with van der Waals surface area (Å²) in [6.07, 6.45) is 3.62. The fraction of sp³-hybridized carbons (Fsp3) is 0.857. The zero-order valence-electron chi connectivity index (χ0n) is 5.02. The molecular weight excluding hydrogens is 116 g/mol. The van der Waals surface area contributed by atoms with Crippen molar-refractivity contribution < 1.29 is 9.53 Å². The summed E-state index contributed by atoms with van der Waals surface area (Å²) in [6.45, 7) is 1.46. The van der Waals surface area contributed by atoms with Crippen molar-refractivity contribution in [3.8, 4) is 0 Å². The molecule has 1 aliphatic carbocycles. The Kier molecular flexibility index (Phi) is 3.28. The van der Waals surface area contributed by atoms with Crippen molar-refractivity contribution in [1.82, 2.24) is 0 Å². The molecule has 0 radical (unpaired) electrons. The standard InChI is InChI=1S/C6H10O2.CH4/c1-5(7)8-6-3-2-4-6;/h6H,2-4H2,1H3;1H4. The van der Waals surface area contributed by atoms with E-state index in [9.17, 15) is 4.79 Å². The first-order valence-electron chi connectivity index (χ1n) is 2.96. The van der Waals surface area contributed by atoms with Crippen molar-refractivity contribution in [3.63, 3.8) is 0 Å². The highest BCUT2D eigenvalue weighted by Gasteiger charge is 2.19. The quantitative estimate of drug-likeness (QED) is 0.505. The molecule has 0 saturated heterocycles. The molecule has 0 spiro atoms. The van der Waals surface area contributed by atoms with Crippen LogP contribution in [-0.2, 0) is 9.53 Å². The van der Waals surface area contributed by atoms with Gasteiger partial charge in [-0.1, -0.05) is 7.43 Å². The van der Waals surface area contributed by atoms with Crippen LogP contribution in [-0.4, -0.2) is 12.1 Å². The third kappa shape index (κ3) is 2.49. The second-order valence-electron chi connectivity index (χ2n) is 2.16. The molecule has 2 nitrogen and oxygen atoms in total. The van der Waals surface area contributed by atoms with Crippen LogP contribution in [0.1, 0.15) is 33.6 Å². The van der Waals surface area contributed by atoms with Crippen molar-refractivity contribution in [2.24, 2.45) is 0 Å². The molecule has 54 valence electrons. The van der Waals surface area contributed by atoms with E-state index >= 15 is 0 Å². The van der Waals surface area contributed by atoms with Gasteiger partial charge >= 0.3 is 5.97 Å². The number of carbonyl (C=O) groups is 1. The Balaban J connectivity index is 0.000000640. The van der Waals surface area contributed by atoms with Gasteiger partial charge in [0.15, 0.2) is 0 Å². The normalized spacial score (nSPS) is 17.4. The van der Waals surface area contributed by atoms with Crippen LogP contribution in [0.2, 0.25) is 0 Å². The fourth-order valence-electron chi connectivity index (χ4n) is 0.723. The Morgan fingerprint density at radius 1 is 1.56 bits per heavy atom. The number of ether oxygens (including phenoxy) is 1. The molecule has 1 rings (SSSR count). The summed E-state index contributed by atoms with van der Waals surface area (Å²) in [5.74, 6) is -0.144. The van der Waals surface area contributed by atoms with E-state index in [4.69, 9.17) is 4.74 Å². The Labute approximate surface area is 56.2 Å². The molecule has 2 heteroatoms. The minimum atomic E-state index is -0.144. The van der Waals surface area contributed by atoms with Crippen molar-refractivity contribution in [3.05, 3.63) is 0 Å². The van der Waals surface area contributed by atoms with E-state index in [2.05, 4.69) is 0 Å². The molecule has 1 saturated carbocycles. The number of hydrogen-bond acceptors (Lipinski definition) is 2. The molecule has 0 atom stereocenters. The van der Waals surface area contributed by atoms with Crippen LogP contribution in [0.25, 0.3) is 0 Å². The lowest BCUT2D eigenvalue weighted by Gasteiger charge is -2.24. The van der Waals surface area contributed by atoms with Gasteiger partial charge in [0.05, 0.1) is 0 Å². The van der Waals surface area contributed by atoms with Crippen molar-refractivity contribution in [2.75, 3.05) is 0 Å². The number of hydrogen-bond donors (Lipinski definition) is 0. The van der Waals surface area contributed by atoms with Crippen molar-refractivity contribution in [1.29, 1.82) is 0 Å². The number of carbonyl (C=O) groups excluding carboxylic acids is 1. The molecule has 0 amide bonds. The molecule has 0 aromatic heterocycles. The van der Waals surface area contributed by atoms with Gasteiger partial charge in [0.2, 0.25) is 0 Å². The number of rotatable bonds is 1. The van der Waals surface area contributed by atoms with Gasteiger partial charge in [-0.15, -0.1) is 0 Å². The Hall–Kier alpha value is -0.530. The maximum atomic E-state index is 10.2. The van der Waals surface area contributed by atoms with E-state index in [-0.39, 0.29) is 19.5 Å². The van der Waals surface area contributed by atoms with E-state index in [0.717, 1.165) is 12.8 Å². The van der Waals surface area contributed by atoms with Gasteiger partial charge in [-0.2, -0.15) is 0 Å². The van der Waals surface area contributed by atoms with Crippen LogP contribution in [0, 0.1) is 0 Å². The molecule has 0 aromatic rings. The van der Waals surface area contributed by atoms with Crippen LogP contribution in [0.5, 0.6) is 0 Å². The summed E-state index contributed by atoms with van der Waals surface area (Å²) in [5.41, 5.74) is 0. The van der Waals surface area contributed by atoms with Crippen LogP contribution >= 0.6 is 0 Å². The molecule has 0 bridgehead atoms. The third-order valence-corrected chi connectivity index (χ3v) is 1.38. The summed E-state index contributed by atoms with van der Waals surface area (Å²) < 4.78 is 4.85. The molecule has 0 heterocycles. The van der Waals surface area contributed by atoms with Crippen LogP contribution in [0.4, 0.5) is 0 Å². The van der Waals surface area contributed by atoms with Crippen LogP contribution in [0.3, 0.4) is 0 Å². The van der Waals surface area contributed by atoms with E-state index in [1.807, 2.05) is 0 Å². The average molecular weight is 130 g/mol. The zero-order valence-corrected chi connectivity index (χ0v) is 5.02. The van der Waals surface area contributed by atoms with E-state index < -0.39 is 0 Å². The first-order chi connectivity index (χ1) is 3.79. The molecular formula is C7H14O2. The van der Waals surface area contributed by atoms with Gasteiger partial charge in [-0.05, 0) is 19.3 Å². The summed E-state index contributed by atoms with van der Waals surface area (Å²) in [7, 11) is 0. The zero-order chi connectivity index (χ0) is 5.98. The largest absolute Gasteiger partial charge is 0.463 e. The van der Waals surface area contributed by atoms with Gasteiger partial charge in [0.25, 0.3) is 0 Å². The van der Waals surface area contributed by atoms with E-state index in [0.29, 0.717) is 0 Å². The molecule has 1 aliphatic rings. The molecule has 9 heavy (non-hydrogen) atoms. The van der Waals surface area contributed by atoms with E-state index in [1.165, 1.54) is 13.3 Å². The topological polar surface area (TPSA) is 26.3 Å². The highest BCUT2D eigenvalue weighted by atomic mass is 16.5. The van der Waals surface area contributed by atoms with E-state index in [1.54, 1.807) is 0 Å². The second kappa shape index (κ2) is 3.49. The first-order valence-corrected chi connectivity index (χ1v) is 2.96. The molecule has 1 fully saturated rings. The number of esters is 1. The van der Waals surface area contributed by atoms with Crippen LogP contribution < -0.4 is 0 Å². The predicted octanol–water partition coefficient (Wildman–Crippen LogP) is 1.74. The van der Waals surface area contributed by atoms with Gasteiger partial charge in [-0.25, -0.2) is 0 Å². The highest BCUT2D eigenvalue weighted by molar-refractivity contribution is 5.66. The fourth-order valence-corrected chi connectivity index (χ4v) is 0.723. The minimum Gasteiger partial charge on any atom is -0.463 e. The van der Waals surface area contributed by atoms with Gasteiger partial charge in [0.1, 0.15) is 6.10 Å². The average Bonchev–Trinajstić information content (AvgIpc) is 1.55. The minimum absolute atomic E-state index is 0. The van der Waals surface area contributed by atoms with Gasteiger partial charge < -0.3 is 4.74 Å². The van der Waals surface area contributed by atoms with Gasteiger partial charge in [-0.3, -0.25) is 4.79 Å². The lowest BCUT2D eigenvalue weighted by Crippen LogP contribution is -2.23. The Morgan fingerprint density at radius 2 is 2.11 bits per heavy atom. The SMILES string of the molecule is C.CC(=O)OC1CCC1. The van der Waals surface area contributed by atoms with Crippen LogP contribution in [0.15, 0.2) is 0 Å². The molecule has 0 N–H and O–H groups in total. The maximum absolute atomic E-state index is 10.2.